The Hall–Kier alpha value is -2.08. The molecule has 0 bridgehead atoms. The summed E-state index contributed by atoms with van der Waals surface area (Å²) in [4.78, 5) is 16.3. The van der Waals surface area contributed by atoms with Gasteiger partial charge in [0, 0.05) is 24.2 Å². The molecule has 0 spiro atoms. The molecule has 136 valence electrons. The Morgan fingerprint density at radius 3 is 2.72 bits per heavy atom. The van der Waals surface area contributed by atoms with Crippen molar-refractivity contribution in [2.75, 3.05) is 11.9 Å². The molecule has 2 aromatic rings. The lowest BCUT2D eigenvalue weighted by molar-refractivity contribution is -0.116. The van der Waals surface area contributed by atoms with Crippen LogP contribution >= 0.6 is 24.8 Å². The number of ether oxygens (including phenoxy) is 1. The summed E-state index contributed by atoms with van der Waals surface area (Å²) in [6.07, 6.45) is 3.63. The van der Waals surface area contributed by atoms with E-state index in [1.165, 1.54) is 0 Å². The second-order valence-electron chi connectivity index (χ2n) is 5.26. The fourth-order valence-corrected chi connectivity index (χ4v) is 2.09. The van der Waals surface area contributed by atoms with E-state index in [2.05, 4.69) is 16.9 Å². The Labute approximate surface area is 160 Å². The third-order valence-electron chi connectivity index (χ3n) is 3.08. The van der Waals surface area contributed by atoms with E-state index in [0.717, 1.165) is 11.3 Å². The first-order valence-electron chi connectivity index (χ1n) is 7.44. The van der Waals surface area contributed by atoms with Gasteiger partial charge in [0.15, 0.2) is 0 Å². The number of halogens is 2. The van der Waals surface area contributed by atoms with E-state index < -0.39 is 0 Å². The smallest absolute Gasteiger partial charge is 0.226 e. The fourth-order valence-electron chi connectivity index (χ4n) is 2.09. The van der Waals surface area contributed by atoms with Crippen molar-refractivity contribution in [2.45, 2.75) is 19.4 Å². The first-order valence-corrected chi connectivity index (χ1v) is 7.44. The molecule has 5 nitrogen and oxygen atoms in total. The number of anilines is 1. The molecule has 0 aliphatic rings. The van der Waals surface area contributed by atoms with Gasteiger partial charge in [0.2, 0.25) is 5.91 Å². The predicted octanol–water partition coefficient (Wildman–Crippen LogP) is 3.83. The largest absolute Gasteiger partial charge is 0.487 e. The maximum Gasteiger partial charge on any atom is 0.226 e. The molecule has 0 saturated heterocycles. The lowest BCUT2D eigenvalue weighted by Gasteiger charge is -2.14. The molecule has 0 radical (unpaired) electrons. The van der Waals surface area contributed by atoms with Gasteiger partial charge in [0.1, 0.15) is 12.4 Å². The number of nitrogens with zero attached hydrogens (tertiary/aromatic N) is 1. The molecule has 0 fully saturated rings. The Bertz CT molecular complexity index is 679. The maximum absolute atomic E-state index is 12.0. The van der Waals surface area contributed by atoms with E-state index in [-0.39, 0.29) is 43.2 Å². The van der Waals surface area contributed by atoms with Gasteiger partial charge in [-0.25, -0.2) is 0 Å². The normalized spacial score (nSPS) is 10.6. The number of nitrogens with two attached hydrogens (primary N) is 1. The number of amides is 1. The highest BCUT2D eigenvalue weighted by atomic mass is 35.5. The molecular weight excluding hydrogens is 361 g/mol. The average Bonchev–Trinajstić information content (AvgIpc) is 2.53. The molecule has 1 heterocycles. The van der Waals surface area contributed by atoms with Crippen molar-refractivity contribution in [3.05, 3.63) is 55.3 Å². The van der Waals surface area contributed by atoms with Crippen molar-refractivity contribution in [2.24, 2.45) is 5.73 Å². The minimum Gasteiger partial charge on any atom is -0.487 e. The summed E-state index contributed by atoms with van der Waals surface area (Å²) >= 11 is 0. The van der Waals surface area contributed by atoms with Crippen LogP contribution in [0.2, 0.25) is 0 Å². The number of nitrogens with one attached hydrogen (secondary N) is 1. The van der Waals surface area contributed by atoms with Crippen LogP contribution < -0.4 is 15.8 Å². The molecule has 0 aliphatic heterocycles. The monoisotopic (exact) mass is 383 g/mol. The second kappa shape index (κ2) is 11.5. The number of hydrogen-bond donors (Lipinski definition) is 2. The van der Waals surface area contributed by atoms with Crippen LogP contribution in [-0.2, 0) is 4.79 Å². The van der Waals surface area contributed by atoms with Crippen molar-refractivity contribution in [3.63, 3.8) is 0 Å². The van der Waals surface area contributed by atoms with Crippen LogP contribution in [0.4, 0.5) is 5.69 Å². The highest BCUT2D eigenvalue weighted by Crippen LogP contribution is 2.30. The number of rotatable bonds is 7. The number of pyridine rings is 1. The maximum atomic E-state index is 12.0. The van der Waals surface area contributed by atoms with Crippen LogP contribution in [0.1, 0.15) is 13.3 Å². The minimum absolute atomic E-state index is 0. The van der Waals surface area contributed by atoms with Gasteiger partial charge in [-0.15, -0.1) is 24.8 Å². The van der Waals surface area contributed by atoms with Gasteiger partial charge in [-0.2, -0.15) is 0 Å². The Morgan fingerprint density at radius 1 is 1.36 bits per heavy atom. The molecule has 1 amide bonds. The van der Waals surface area contributed by atoms with Gasteiger partial charge in [-0.3, -0.25) is 9.78 Å². The first kappa shape index (κ1) is 22.9. The molecule has 1 aromatic carbocycles. The number of aromatic nitrogens is 1. The van der Waals surface area contributed by atoms with Crippen LogP contribution in [0.3, 0.4) is 0 Å². The molecule has 25 heavy (non-hydrogen) atoms. The van der Waals surface area contributed by atoms with Gasteiger partial charge in [0.25, 0.3) is 0 Å². The van der Waals surface area contributed by atoms with Crippen LogP contribution in [-0.4, -0.2) is 23.5 Å². The van der Waals surface area contributed by atoms with Crippen molar-refractivity contribution >= 4 is 36.4 Å². The summed E-state index contributed by atoms with van der Waals surface area (Å²) in [7, 11) is 0. The van der Waals surface area contributed by atoms with E-state index in [1.54, 1.807) is 19.2 Å². The van der Waals surface area contributed by atoms with Crippen molar-refractivity contribution in [1.29, 1.82) is 0 Å². The highest BCUT2D eigenvalue weighted by molar-refractivity contribution is 5.93. The van der Waals surface area contributed by atoms with Gasteiger partial charge >= 0.3 is 0 Å². The van der Waals surface area contributed by atoms with Crippen molar-refractivity contribution in [1.82, 2.24) is 4.98 Å². The molecule has 3 N–H and O–H groups in total. The van der Waals surface area contributed by atoms with E-state index in [9.17, 15) is 4.79 Å². The summed E-state index contributed by atoms with van der Waals surface area (Å²) in [6.45, 7) is 5.78. The number of hydrogen-bond acceptors (Lipinski definition) is 4. The minimum atomic E-state index is -0.202. The predicted molar refractivity (Wildman–Crippen MR) is 107 cm³/mol. The van der Waals surface area contributed by atoms with Crippen LogP contribution in [0, 0.1) is 0 Å². The van der Waals surface area contributed by atoms with Crippen LogP contribution in [0.15, 0.2) is 55.3 Å². The van der Waals surface area contributed by atoms with E-state index in [1.807, 2.05) is 36.4 Å². The Morgan fingerprint density at radius 2 is 2.12 bits per heavy atom. The number of carbonyl (C=O) groups excluding carboxylic acids is 1. The molecule has 0 saturated carbocycles. The summed E-state index contributed by atoms with van der Waals surface area (Å²) in [5, 5.41) is 2.85. The van der Waals surface area contributed by atoms with Gasteiger partial charge in [-0.1, -0.05) is 18.7 Å². The summed E-state index contributed by atoms with van der Waals surface area (Å²) < 4.78 is 5.60. The molecule has 1 unspecified atom stereocenters. The lowest BCUT2D eigenvalue weighted by Crippen LogP contribution is -2.24. The zero-order valence-corrected chi connectivity index (χ0v) is 15.6. The topological polar surface area (TPSA) is 77.2 Å². The van der Waals surface area contributed by atoms with Crippen molar-refractivity contribution in [3.8, 4) is 17.0 Å². The van der Waals surface area contributed by atoms with Crippen LogP contribution in [0.25, 0.3) is 11.3 Å². The van der Waals surface area contributed by atoms with Gasteiger partial charge < -0.3 is 15.8 Å². The summed E-state index contributed by atoms with van der Waals surface area (Å²) in [5.41, 5.74) is 7.99. The fraction of sp³-hybridized carbons (Fsp3) is 0.222. The molecular formula is C18H23Cl2N3O2. The summed E-state index contributed by atoms with van der Waals surface area (Å²) in [6, 6.07) is 11.0. The number of carbonyl (C=O) groups is 1. The average molecular weight is 384 g/mol. The van der Waals surface area contributed by atoms with Crippen molar-refractivity contribution < 1.29 is 9.53 Å². The number of benzene rings is 1. The third-order valence-corrected chi connectivity index (χ3v) is 3.08. The third kappa shape index (κ3) is 7.13. The first-order chi connectivity index (χ1) is 11.1. The molecule has 2 rings (SSSR count). The van der Waals surface area contributed by atoms with Crippen LogP contribution in [0.5, 0.6) is 5.75 Å². The van der Waals surface area contributed by atoms with Gasteiger partial charge in [-0.05, 0) is 37.3 Å². The Kier molecular flexibility index (Phi) is 10.5. The second-order valence-corrected chi connectivity index (χ2v) is 5.26. The van der Waals surface area contributed by atoms with E-state index >= 15 is 0 Å². The SMILES string of the molecule is C=CCOc1ccc(-c2ccccn2)cc1NC(=O)CC(C)N.Cl.Cl. The zero-order valence-electron chi connectivity index (χ0n) is 14.0. The molecule has 1 aromatic heterocycles. The zero-order chi connectivity index (χ0) is 16.7. The quantitative estimate of drug-likeness (QED) is 0.712. The van der Waals surface area contributed by atoms with E-state index in [0.29, 0.717) is 18.0 Å². The van der Waals surface area contributed by atoms with E-state index in [4.69, 9.17) is 10.5 Å². The Balaban J connectivity index is 0.00000288. The molecule has 0 aliphatic carbocycles. The lowest BCUT2D eigenvalue weighted by atomic mass is 10.1. The van der Waals surface area contributed by atoms with Gasteiger partial charge in [0.05, 0.1) is 11.4 Å². The molecule has 7 heteroatoms. The molecule has 1 atom stereocenters. The standard InChI is InChI=1S/C18H21N3O2.2ClH/c1-3-10-23-17-8-7-14(15-6-4-5-9-20-15)12-16(17)21-18(22)11-13(2)19;;/h3-9,12-13H,1,10-11,19H2,2H3,(H,21,22);2*1H. The highest BCUT2D eigenvalue weighted by Gasteiger charge is 2.11. The summed E-state index contributed by atoms with van der Waals surface area (Å²) in [5.74, 6) is 0.434.